The fourth-order valence-electron chi connectivity index (χ4n) is 3.03. The number of amides is 1. The molecular formula is C26H24N2O7. The van der Waals surface area contributed by atoms with Crippen molar-refractivity contribution in [2.75, 3.05) is 11.9 Å². The number of nitrogens with one attached hydrogen (secondary N) is 1. The largest absolute Gasteiger partial charge is 0.457 e. The predicted molar refractivity (Wildman–Crippen MR) is 129 cm³/mol. The second-order valence-corrected chi connectivity index (χ2v) is 7.81. The number of hydrogen-bond donors (Lipinski definition) is 1. The summed E-state index contributed by atoms with van der Waals surface area (Å²) in [7, 11) is 0. The summed E-state index contributed by atoms with van der Waals surface area (Å²) in [5.74, 6) is -0.247. The predicted octanol–water partition coefficient (Wildman–Crippen LogP) is 5.15. The summed E-state index contributed by atoms with van der Waals surface area (Å²) in [6.45, 7) is 3.52. The molecule has 9 heteroatoms. The highest BCUT2D eigenvalue weighted by atomic mass is 16.6. The van der Waals surface area contributed by atoms with Crippen LogP contribution in [0.5, 0.6) is 11.5 Å². The van der Waals surface area contributed by atoms with Crippen LogP contribution in [0, 0.1) is 24.0 Å². The van der Waals surface area contributed by atoms with Gasteiger partial charge in [-0.3, -0.25) is 24.5 Å². The van der Waals surface area contributed by atoms with Crippen LogP contribution in [0.15, 0.2) is 66.7 Å². The van der Waals surface area contributed by atoms with Crippen LogP contribution in [-0.2, 0) is 14.3 Å². The molecule has 0 saturated heterocycles. The Kier molecular flexibility index (Phi) is 8.29. The van der Waals surface area contributed by atoms with E-state index >= 15 is 0 Å². The van der Waals surface area contributed by atoms with Gasteiger partial charge in [0.05, 0.1) is 11.3 Å². The van der Waals surface area contributed by atoms with Crippen molar-refractivity contribution >= 4 is 29.0 Å². The maximum absolute atomic E-state index is 12.1. The van der Waals surface area contributed by atoms with Gasteiger partial charge in [-0.2, -0.15) is 0 Å². The maximum Gasteiger partial charge on any atom is 0.306 e. The van der Waals surface area contributed by atoms with Gasteiger partial charge in [0.15, 0.2) is 12.4 Å². The number of nitro benzene ring substituents is 1. The third kappa shape index (κ3) is 7.50. The van der Waals surface area contributed by atoms with Crippen molar-refractivity contribution in [1.82, 2.24) is 0 Å². The SMILES string of the molecule is Cc1ccc(Oc2ccc(NC(=O)CCC(=O)OCC(=O)c3ccc([N+](=O)[O-])cc3)cc2)cc1C. The molecule has 0 aliphatic carbocycles. The molecule has 0 bridgehead atoms. The Morgan fingerprint density at radius 1 is 0.857 bits per heavy atom. The number of carbonyl (C=O) groups is 3. The lowest BCUT2D eigenvalue weighted by molar-refractivity contribution is -0.384. The highest BCUT2D eigenvalue weighted by Gasteiger charge is 2.13. The molecule has 0 heterocycles. The van der Waals surface area contributed by atoms with E-state index in [-0.39, 0.29) is 30.0 Å². The molecule has 0 aliphatic rings. The van der Waals surface area contributed by atoms with Crippen LogP contribution in [0.3, 0.4) is 0 Å². The van der Waals surface area contributed by atoms with Gasteiger partial charge in [0.2, 0.25) is 5.91 Å². The van der Waals surface area contributed by atoms with E-state index in [4.69, 9.17) is 9.47 Å². The van der Waals surface area contributed by atoms with E-state index in [1.807, 2.05) is 32.0 Å². The molecule has 3 aromatic carbocycles. The van der Waals surface area contributed by atoms with Crippen LogP contribution in [0.1, 0.15) is 34.3 Å². The third-order valence-electron chi connectivity index (χ3n) is 5.17. The first-order valence-corrected chi connectivity index (χ1v) is 10.8. The van der Waals surface area contributed by atoms with Crippen molar-refractivity contribution in [2.45, 2.75) is 26.7 Å². The first-order valence-electron chi connectivity index (χ1n) is 10.8. The van der Waals surface area contributed by atoms with Gasteiger partial charge in [0, 0.05) is 29.8 Å². The van der Waals surface area contributed by atoms with Gasteiger partial charge in [0.1, 0.15) is 11.5 Å². The molecule has 9 nitrogen and oxygen atoms in total. The standard InChI is InChI=1S/C26H24N2O7/c1-17-3-10-23(15-18(17)2)35-22-11-6-20(7-12-22)27-25(30)13-14-26(31)34-16-24(29)19-4-8-21(9-5-19)28(32)33/h3-12,15H,13-14,16H2,1-2H3,(H,27,30). The quantitative estimate of drug-likeness (QED) is 0.186. The highest BCUT2D eigenvalue weighted by molar-refractivity contribution is 5.98. The number of hydrogen-bond acceptors (Lipinski definition) is 7. The van der Waals surface area contributed by atoms with Gasteiger partial charge in [-0.25, -0.2) is 0 Å². The molecule has 1 N–H and O–H groups in total. The van der Waals surface area contributed by atoms with Crippen molar-refractivity contribution in [2.24, 2.45) is 0 Å². The summed E-state index contributed by atoms with van der Waals surface area (Å²) in [5, 5.41) is 13.3. The van der Waals surface area contributed by atoms with Crippen molar-refractivity contribution in [3.8, 4) is 11.5 Å². The second kappa shape index (κ2) is 11.6. The van der Waals surface area contributed by atoms with E-state index in [1.54, 1.807) is 24.3 Å². The van der Waals surface area contributed by atoms with Crippen molar-refractivity contribution in [3.05, 3.63) is 93.5 Å². The molecule has 0 spiro atoms. The molecule has 0 aliphatic heterocycles. The minimum Gasteiger partial charge on any atom is -0.457 e. The van der Waals surface area contributed by atoms with Gasteiger partial charge in [-0.15, -0.1) is 0 Å². The van der Waals surface area contributed by atoms with Crippen molar-refractivity contribution in [1.29, 1.82) is 0 Å². The number of Topliss-reactive ketones (excluding diaryl/α,β-unsaturated/α-hetero) is 1. The molecule has 0 aromatic heterocycles. The Bertz CT molecular complexity index is 1240. The number of nitrogens with zero attached hydrogens (tertiary/aromatic N) is 1. The van der Waals surface area contributed by atoms with Gasteiger partial charge in [-0.05, 0) is 73.5 Å². The van der Waals surface area contributed by atoms with Crippen LogP contribution >= 0.6 is 0 Å². The number of benzene rings is 3. The fraction of sp³-hybridized carbons (Fsp3) is 0.192. The number of ketones is 1. The summed E-state index contributed by atoms with van der Waals surface area (Å²) < 4.78 is 10.7. The van der Waals surface area contributed by atoms with Gasteiger partial charge < -0.3 is 14.8 Å². The van der Waals surface area contributed by atoms with Crippen LogP contribution < -0.4 is 10.1 Å². The molecule has 0 radical (unpaired) electrons. The molecule has 3 aromatic rings. The zero-order valence-corrected chi connectivity index (χ0v) is 19.3. The minimum atomic E-state index is -0.701. The van der Waals surface area contributed by atoms with Crippen molar-refractivity contribution < 1.29 is 28.8 Å². The van der Waals surface area contributed by atoms with Crippen LogP contribution in [0.2, 0.25) is 0 Å². The van der Waals surface area contributed by atoms with E-state index in [9.17, 15) is 24.5 Å². The zero-order valence-electron chi connectivity index (χ0n) is 19.3. The van der Waals surface area contributed by atoms with E-state index in [2.05, 4.69) is 5.32 Å². The van der Waals surface area contributed by atoms with E-state index in [0.29, 0.717) is 11.4 Å². The fourth-order valence-corrected chi connectivity index (χ4v) is 3.03. The Balaban J connectivity index is 1.40. The number of non-ortho nitro benzene ring substituents is 1. The first kappa shape index (κ1) is 25.1. The monoisotopic (exact) mass is 476 g/mol. The zero-order chi connectivity index (χ0) is 25.4. The summed E-state index contributed by atoms with van der Waals surface area (Å²) in [6, 6.07) is 17.6. The normalized spacial score (nSPS) is 10.3. The lowest BCUT2D eigenvalue weighted by atomic mass is 10.1. The topological polar surface area (TPSA) is 125 Å². The van der Waals surface area contributed by atoms with E-state index < -0.39 is 23.3 Å². The lowest BCUT2D eigenvalue weighted by Gasteiger charge is -2.09. The Morgan fingerprint density at radius 3 is 2.14 bits per heavy atom. The number of anilines is 1. The average molecular weight is 476 g/mol. The number of rotatable bonds is 10. The smallest absolute Gasteiger partial charge is 0.306 e. The summed E-state index contributed by atoms with van der Waals surface area (Å²) in [5.41, 5.74) is 2.89. The lowest BCUT2D eigenvalue weighted by Crippen LogP contribution is -2.17. The summed E-state index contributed by atoms with van der Waals surface area (Å²) >= 11 is 0. The molecular weight excluding hydrogens is 452 g/mol. The Labute approximate surface area is 201 Å². The van der Waals surface area contributed by atoms with E-state index in [0.717, 1.165) is 11.3 Å². The van der Waals surface area contributed by atoms with Crippen LogP contribution in [-0.4, -0.2) is 29.2 Å². The number of ether oxygens (including phenoxy) is 2. The molecule has 0 fully saturated rings. The first-order chi connectivity index (χ1) is 16.7. The highest BCUT2D eigenvalue weighted by Crippen LogP contribution is 2.25. The molecule has 0 saturated carbocycles. The number of esters is 1. The second-order valence-electron chi connectivity index (χ2n) is 7.81. The van der Waals surface area contributed by atoms with Gasteiger partial charge in [-0.1, -0.05) is 6.07 Å². The molecule has 1 amide bonds. The van der Waals surface area contributed by atoms with Gasteiger partial charge in [0.25, 0.3) is 5.69 Å². The molecule has 0 atom stereocenters. The Hall–Kier alpha value is -4.53. The Morgan fingerprint density at radius 2 is 1.51 bits per heavy atom. The van der Waals surface area contributed by atoms with Gasteiger partial charge >= 0.3 is 5.97 Å². The number of aryl methyl sites for hydroxylation is 2. The summed E-state index contributed by atoms with van der Waals surface area (Å²) in [6.07, 6.45) is -0.321. The van der Waals surface area contributed by atoms with E-state index in [1.165, 1.54) is 29.8 Å². The molecule has 35 heavy (non-hydrogen) atoms. The molecule has 3 rings (SSSR count). The van der Waals surface area contributed by atoms with Crippen LogP contribution in [0.4, 0.5) is 11.4 Å². The molecule has 180 valence electrons. The van der Waals surface area contributed by atoms with Crippen molar-refractivity contribution in [3.63, 3.8) is 0 Å². The average Bonchev–Trinajstić information content (AvgIpc) is 2.84. The summed E-state index contributed by atoms with van der Waals surface area (Å²) in [4.78, 5) is 46.1. The number of carbonyl (C=O) groups excluding carboxylic acids is 3. The number of nitro groups is 1. The molecule has 0 unspecified atom stereocenters. The maximum atomic E-state index is 12.1. The third-order valence-corrected chi connectivity index (χ3v) is 5.17. The van der Waals surface area contributed by atoms with Crippen LogP contribution in [0.25, 0.3) is 0 Å². The minimum absolute atomic E-state index is 0.120.